The quantitative estimate of drug-likeness (QED) is 0.881. The average Bonchev–Trinajstić information content (AvgIpc) is 2.55. The van der Waals surface area contributed by atoms with Gasteiger partial charge < -0.3 is 10.2 Å². The minimum atomic E-state index is -0.177. The highest BCUT2D eigenvalue weighted by Gasteiger charge is 2.12. The fourth-order valence-electron chi connectivity index (χ4n) is 2.50. The van der Waals surface area contributed by atoms with E-state index in [1.54, 1.807) is 12.1 Å². The summed E-state index contributed by atoms with van der Waals surface area (Å²) < 4.78 is 13.0. The molecule has 0 saturated carbocycles. The van der Waals surface area contributed by atoms with E-state index >= 15 is 0 Å². The normalized spacial score (nSPS) is 21.6. The van der Waals surface area contributed by atoms with Crippen molar-refractivity contribution in [3.8, 4) is 0 Å². The van der Waals surface area contributed by atoms with E-state index in [9.17, 15) is 4.39 Å². The van der Waals surface area contributed by atoms with Crippen LogP contribution in [0.15, 0.2) is 24.3 Å². The second-order valence-corrected chi connectivity index (χ2v) is 5.31. The Morgan fingerprint density at radius 2 is 2.22 bits per heavy atom. The molecule has 0 spiro atoms. The van der Waals surface area contributed by atoms with Crippen molar-refractivity contribution < 1.29 is 4.39 Å². The number of nitrogens with one attached hydrogen (secondary N) is 1. The number of benzene rings is 1. The molecule has 2 nitrogen and oxygen atoms in total. The van der Waals surface area contributed by atoms with Crippen LogP contribution >= 0.6 is 0 Å². The molecule has 1 aromatic rings. The third-order valence-electron chi connectivity index (χ3n) is 3.69. The Kier molecular flexibility index (Phi) is 5.00. The van der Waals surface area contributed by atoms with E-state index in [1.807, 2.05) is 6.07 Å². The van der Waals surface area contributed by atoms with E-state index in [0.717, 1.165) is 24.7 Å². The maximum absolute atomic E-state index is 13.0. The molecular weight excluding hydrogens is 227 g/mol. The number of halogens is 1. The van der Waals surface area contributed by atoms with Crippen molar-refractivity contribution in [3.05, 3.63) is 30.1 Å². The van der Waals surface area contributed by atoms with Gasteiger partial charge in [-0.3, -0.25) is 0 Å². The van der Waals surface area contributed by atoms with Gasteiger partial charge in [0.05, 0.1) is 0 Å². The van der Waals surface area contributed by atoms with Crippen LogP contribution in [0.3, 0.4) is 0 Å². The standard InChI is InChI=1S/C15H23FN2/c1-13-4-3-9-18(10-7-13)11-8-17-15-6-2-5-14(16)12-15/h2,5-6,12-13,17H,3-4,7-11H2,1H3. The molecule has 2 rings (SSSR count). The van der Waals surface area contributed by atoms with Crippen molar-refractivity contribution in [3.63, 3.8) is 0 Å². The van der Waals surface area contributed by atoms with Crippen LogP contribution in [0.1, 0.15) is 26.2 Å². The first-order chi connectivity index (χ1) is 8.74. The van der Waals surface area contributed by atoms with Gasteiger partial charge in [-0.05, 0) is 56.5 Å². The van der Waals surface area contributed by atoms with Crippen molar-refractivity contribution in [1.29, 1.82) is 0 Å². The van der Waals surface area contributed by atoms with Crippen LogP contribution in [0, 0.1) is 11.7 Å². The highest BCUT2D eigenvalue weighted by molar-refractivity contribution is 5.42. The highest BCUT2D eigenvalue weighted by Crippen LogP contribution is 2.16. The van der Waals surface area contributed by atoms with Crippen LogP contribution in [0.2, 0.25) is 0 Å². The van der Waals surface area contributed by atoms with Gasteiger partial charge in [0.25, 0.3) is 0 Å². The maximum Gasteiger partial charge on any atom is 0.125 e. The van der Waals surface area contributed by atoms with E-state index in [4.69, 9.17) is 0 Å². The minimum Gasteiger partial charge on any atom is -0.384 e. The van der Waals surface area contributed by atoms with E-state index in [1.165, 1.54) is 38.4 Å². The average molecular weight is 250 g/mol. The zero-order valence-corrected chi connectivity index (χ0v) is 11.2. The van der Waals surface area contributed by atoms with E-state index in [0.29, 0.717) is 0 Å². The number of likely N-dealkylation sites (tertiary alicyclic amines) is 1. The number of anilines is 1. The number of rotatable bonds is 4. The summed E-state index contributed by atoms with van der Waals surface area (Å²) in [6.45, 7) is 6.68. The molecule has 1 aromatic carbocycles. The lowest BCUT2D eigenvalue weighted by molar-refractivity contribution is 0.292. The molecule has 1 fully saturated rings. The van der Waals surface area contributed by atoms with Gasteiger partial charge >= 0.3 is 0 Å². The van der Waals surface area contributed by atoms with Crippen molar-refractivity contribution in [2.45, 2.75) is 26.2 Å². The highest BCUT2D eigenvalue weighted by atomic mass is 19.1. The summed E-state index contributed by atoms with van der Waals surface area (Å²) in [4.78, 5) is 2.51. The molecule has 3 heteroatoms. The first-order valence-corrected chi connectivity index (χ1v) is 6.96. The van der Waals surface area contributed by atoms with Crippen molar-refractivity contribution in [2.75, 3.05) is 31.5 Å². The zero-order valence-electron chi connectivity index (χ0n) is 11.2. The molecule has 1 saturated heterocycles. The first-order valence-electron chi connectivity index (χ1n) is 6.96. The SMILES string of the molecule is CC1CCCN(CCNc2cccc(F)c2)CC1. The van der Waals surface area contributed by atoms with Crippen LogP contribution < -0.4 is 5.32 Å². The molecule has 1 unspecified atom stereocenters. The number of nitrogens with zero attached hydrogens (tertiary/aromatic N) is 1. The predicted molar refractivity (Wildman–Crippen MR) is 74.3 cm³/mol. The third kappa shape index (κ3) is 4.30. The summed E-state index contributed by atoms with van der Waals surface area (Å²) in [5.74, 6) is 0.690. The summed E-state index contributed by atoms with van der Waals surface area (Å²) in [5.41, 5.74) is 0.873. The monoisotopic (exact) mass is 250 g/mol. The minimum absolute atomic E-state index is 0.177. The smallest absolute Gasteiger partial charge is 0.125 e. The topological polar surface area (TPSA) is 15.3 Å². The fourth-order valence-corrected chi connectivity index (χ4v) is 2.50. The van der Waals surface area contributed by atoms with Crippen molar-refractivity contribution in [1.82, 2.24) is 4.90 Å². The predicted octanol–water partition coefficient (Wildman–Crippen LogP) is 3.36. The maximum atomic E-state index is 13.0. The summed E-state index contributed by atoms with van der Waals surface area (Å²) >= 11 is 0. The van der Waals surface area contributed by atoms with Crippen LogP contribution in [0.4, 0.5) is 10.1 Å². The number of hydrogen-bond acceptors (Lipinski definition) is 2. The molecule has 18 heavy (non-hydrogen) atoms. The zero-order chi connectivity index (χ0) is 12.8. The van der Waals surface area contributed by atoms with Crippen LogP contribution in [-0.4, -0.2) is 31.1 Å². The Labute approximate surface area is 109 Å². The van der Waals surface area contributed by atoms with Gasteiger partial charge in [0, 0.05) is 18.8 Å². The largest absolute Gasteiger partial charge is 0.384 e. The van der Waals surface area contributed by atoms with Gasteiger partial charge in [0.2, 0.25) is 0 Å². The molecule has 0 amide bonds. The fraction of sp³-hybridized carbons (Fsp3) is 0.600. The first kappa shape index (κ1) is 13.3. The van der Waals surface area contributed by atoms with E-state index < -0.39 is 0 Å². The van der Waals surface area contributed by atoms with Gasteiger partial charge in [0.1, 0.15) is 5.82 Å². The molecule has 0 aromatic heterocycles. The molecule has 0 bridgehead atoms. The Hall–Kier alpha value is -1.09. The third-order valence-corrected chi connectivity index (χ3v) is 3.69. The number of hydrogen-bond donors (Lipinski definition) is 1. The lowest BCUT2D eigenvalue weighted by Crippen LogP contribution is -2.30. The molecule has 1 N–H and O–H groups in total. The van der Waals surface area contributed by atoms with Gasteiger partial charge in [-0.2, -0.15) is 0 Å². The summed E-state index contributed by atoms with van der Waals surface area (Å²) in [6, 6.07) is 6.67. The van der Waals surface area contributed by atoms with Crippen molar-refractivity contribution >= 4 is 5.69 Å². The lowest BCUT2D eigenvalue weighted by atomic mass is 10.0. The molecule has 1 aliphatic rings. The summed E-state index contributed by atoms with van der Waals surface area (Å²) in [6.07, 6.45) is 3.97. The molecule has 0 radical (unpaired) electrons. The van der Waals surface area contributed by atoms with Gasteiger partial charge in [0.15, 0.2) is 0 Å². The molecule has 1 atom stereocenters. The Balaban J connectivity index is 1.71. The Morgan fingerprint density at radius 3 is 3.06 bits per heavy atom. The molecule has 100 valence electrons. The van der Waals surface area contributed by atoms with Crippen LogP contribution in [0.25, 0.3) is 0 Å². The van der Waals surface area contributed by atoms with Gasteiger partial charge in [-0.1, -0.05) is 13.0 Å². The van der Waals surface area contributed by atoms with Crippen LogP contribution in [-0.2, 0) is 0 Å². The second-order valence-electron chi connectivity index (χ2n) is 5.31. The van der Waals surface area contributed by atoms with Gasteiger partial charge in [-0.15, -0.1) is 0 Å². The van der Waals surface area contributed by atoms with Gasteiger partial charge in [-0.25, -0.2) is 4.39 Å². The Morgan fingerprint density at radius 1 is 1.33 bits per heavy atom. The summed E-state index contributed by atoms with van der Waals surface area (Å²) in [7, 11) is 0. The Bertz CT molecular complexity index is 367. The molecule has 1 heterocycles. The molecule has 0 aliphatic carbocycles. The van der Waals surface area contributed by atoms with Crippen LogP contribution in [0.5, 0.6) is 0 Å². The summed E-state index contributed by atoms with van der Waals surface area (Å²) in [5, 5.41) is 3.28. The molecule has 1 aliphatic heterocycles. The van der Waals surface area contributed by atoms with Crippen molar-refractivity contribution in [2.24, 2.45) is 5.92 Å². The van der Waals surface area contributed by atoms with E-state index in [-0.39, 0.29) is 5.82 Å². The molecular formula is C15H23FN2. The second kappa shape index (κ2) is 6.74. The van der Waals surface area contributed by atoms with E-state index in [2.05, 4.69) is 17.1 Å². The lowest BCUT2D eigenvalue weighted by Gasteiger charge is -2.20.